The smallest absolute Gasteiger partial charge is 0.259 e. The summed E-state index contributed by atoms with van der Waals surface area (Å²) >= 11 is 5.74. The molecule has 7 nitrogen and oxygen atoms in total. The molecule has 0 bridgehead atoms. The fraction of sp³-hybridized carbons (Fsp3) is 0.304. The zero-order chi connectivity index (χ0) is 23.0. The fourth-order valence-electron chi connectivity index (χ4n) is 4.28. The standard InChI is InChI=1S/C23H21FN4O3S/c1-14-11-16(4-3-15(14)13-25)27-21(30)23(7-9-31-10-8-23)28(22(27)32)17-5-6-18(19(24)12-17)20(29)26-2/h3-6,11-12H,7-10H2,1-2H3,(H,26,29). The number of thiocarbonyl (C=S) groups is 1. The number of nitrogens with zero attached hydrogens (tertiary/aromatic N) is 3. The van der Waals surface area contributed by atoms with Crippen molar-refractivity contribution in [3.05, 3.63) is 58.9 Å². The molecule has 2 aliphatic rings. The second-order valence-electron chi connectivity index (χ2n) is 7.76. The van der Waals surface area contributed by atoms with Crippen molar-refractivity contribution in [1.29, 1.82) is 5.26 Å². The summed E-state index contributed by atoms with van der Waals surface area (Å²) in [5, 5.41) is 11.9. The van der Waals surface area contributed by atoms with Gasteiger partial charge in [-0.05, 0) is 61.1 Å². The Bertz CT molecular complexity index is 1170. The van der Waals surface area contributed by atoms with Crippen molar-refractivity contribution in [3.8, 4) is 6.07 Å². The number of nitrogens with one attached hydrogen (secondary N) is 1. The van der Waals surface area contributed by atoms with Crippen molar-refractivity contribution in [1.82, 2.24) is 5.32 Å². The number of carbonyl (C=O) groups is 2. The Labute approximate surface area is 190 Å². The summed E-state index contributed by atoms with van der Waals surface area (Å²) < 4.78 is 20.3. The lowest BCUT2D eigenvalue weighted by molar-refractivity contribution is -0.124. The lowest BCUT2D eigenvalue weighted by Crippen LogP contribution is -2.53. The minimum atomic E-state index is -1.02. The van der Waals surface area contributed by atoms with Gasteiger partial charge >= 0.3 is 0 Å². The molecule has 0 atom stereocenters. The molecule has 164 valence electrons. The Balaban J connectivity index is 1.82. The molecule has 2 fully saturated rings. The van der Waals surface area contributed by atoms with Gasteiger partial charge in [0.25, 0.3) is 11.8 Å². The predicted molar refractivity (Wildman–Crippen MR) is 121 cm³/mol. The molecule has 0 radical (unpaired) electrons. The molecule has 4 rings (SSSR count). The van der Waals surface area contributed by atoms with E-state index in [0.717, 1.165) is 5.56 Å². The quantitative estimate of drug-likeness (QED) is 0.721. The number of hydrogen-bond acceptors (Lipinski definition) is 5. The first-order chi connectivity index (χ1) is 15.3. The van der Waals surface area contributed by atoms with Gasteiger partial charge in [-0.25, -0.2) is 4.39 Å². The van der Waals surface area contributed by atoms with Gasteiger partial charge in [0, 0.05) is 38.8 Å². The van der Waals surface area contributed by atoms with Crippen LogP contribution in [0.4, 0.5) is 15.8 Å². The summed E-state index contributed by atoms with van der Waals surface area (Å²) in [4.78, 5) is 28.8. The molecule has 9 heteroatoms. The molecule has 1 spiro atoms. The van der Waals surface area contributed by atoms with E-state index in [4.69, 9.17) is 17.0 Å². The molecule has 0 aromatic heterocycles. The Morgan fingerprint density at radius 1 is 1.22 bits per heavy atom. The Morgan fingerprint density at radius 3 is 2.50 bits per heavy atom. The molecule has 32 heavy (non-hydrogen) atoms. The summed E-state index contributed by atoms with van der Waals surface area (Å²) in [5.41, 5.74) is 1.07. The van der Waals surface area contributed by atoms with Crippen molar-refractivity contribution >= 4 is 40.5 Å². The van der Waals surface area contributed by atoms with Crippen molar-refractivity contribution in [3.63, 3.8) is 0 Å². The molecule has 0 saturated carbocycles. The highest BCUT2D eigenvalue weighted by Gasteiger charge is 2.57. The van der Waals surface area contributed by atoms with Crippen LogP contribution in [0.2, 0.25) is 0 Å². The average Bonchev–Trinajstić information content (AvgIpc) is 2.99. The van der Waals surface area contributed by atoms with Crippen LogP contribution in [-0.2, 0) is 9.53 Å². The number of anilines is 2. The SMILES string of the molecule is CNC(=O)c1ccc(N2C(=S)N(c3ccc(C#N)c(C)c3)C(=O)C23CCOCC3)cc1F. The van der Waals surface area contributed by atoms with Crippen LogP contribution in [0.5, 0.6) is 0 Å². The lowest BCUT2D eigenvalue weighted by atomic mass is 9.87. The third-order valence-electron chi connectivity index (χ3n) is 6.00. The van der Waals surface area contributed by atoms with Crippen LogP contribution in [0.1, 0.15) is 34.3 Å². The number of aryl methyl sites for hydroxylation is 1. The summed E-state index contributed by atoms with van der Waals surface area (Å²) in [7, 11) is 1.43. The average molecular weight is 453 g/mol. The molecule has 2 aromatic rings. The second-order valence-corrected chi connectivity index (χ2v) is 8.12. The van der Waals surface area contributed by atoms with Gasteiger partial charge in [-0.2, -0.15) is 5.26 Å². The number of ether oxygens (including phenoxy) is 1. The molecular formula is C23H21FN4O3S. The van der Waals surface area contributed by atoms with Crippen LogP contribution in [0.3, 0.4) is 0 Å². The maximum atomic E-state index is 14.8. The molecular weight excluding hydrogens is 431 g/mol. The molecule has 1 N–H and O–H groups in total. The van der Waals surface area contributed by atoms with Gasteiger partial charge in [-0.1, -0.05) is 0 Å². The molecule has 0 unspecified atom stereocenters. The van der Waals surface area contributed by atoms with Gasteiger partial charge < -0.3 is 15.0 Å². The van der Waals surface area contributed by atoms with E-state index in [1.807, 2.05) is 0 Å². The van der Waals surface area contributed by atoms with E-state index in [0.29, 0.717) is 43.0 Å². The monoisotopic (exact) mass is 452 g/mol. The Morgan fingerprint density at radius 2 is 1.91 bits per heavy atom. The third-order valence-corrected chi connectivity index (χ3v) is 6.37. The lowest BCUT2D eigenvalue weighted by Gasteiger charge is -2.38. The molecule has 2 heterocycles. The minimum Gasteiger partial charge on any atom is -0.381 e. The summed E-state index contributed by atoms with van der Waals surface area (Å²) in [6, 6.07) is 11.4. The minimum absolute atomic E-state index is 0.0895. The maximum Gasteiger partial charge on any atom is 0.259 e. The van der Waals surface area contributed by atoms with E-state index in [1.165, 1.54) is 24.1 Å². The van der Waals surface area contributed by atoms with E-state index in [2.05, 4.69) is 11.4 Å². The van der Waals surface area contributed by atoms with E-state index in [1.54, 1.807) is 36.1 Å². The van der Waals surface area contributed by atoms with Crippen molar-refractivity contribution in [2.45, 2.75) is 25.3 Å². The van der Waals surface area contributed by atoms with Crippen LogP contribution in [-0.4, -0.2) is 42.7 Å². The molecule has 2 aromatic carbocycles. The van der Waals surface area contributed by atoms with Crippen molar-refractivity contribution in [2.24, 2.45) is 0 Å². The molecule has 2 aliphatic heterocycles. The number of hydrogen-bond donors (Lipinski definition) is 1. The summed E-state index contributed by atoms with van der Waals surface area (Å²) in [6.45, 7) is 2.52. The van der Waals surface area contributed by atoms with E-state index < -0.39 is 17.3 Å². The van der Waals surface area contributed by atoms with Crippen LogP contribution in [0.15, 0.2) is 36.4 Å². The number of amides is 2. The zero-order valence-electron chi connectivity index (χ0n) is 17.6. The van der Waals surface area contributed by atoms with Crippen LogP contribution in [0, 0.1) is 24.1 Å². The van der Waals surface area contributed by atoms with Crippen LogP contribution >= 0.6 is 12.2 Å². The number of halogens is 1. The van der Waals surface area contributed by atoms with Crippen LogP contribution < -0.4 is 15.1 Å². The maximum absolute atomic E-state index is 14.8. The Kier molecular flexibility index (Phi) is 5.67. The summed E-state index contributed by atoms with van der Waals surface area (Å²) in [6.07, 6.45) is 0.771. The highest BCUT2D eigenvalue weighted by Crippen LogP contribution is 2.42. The van der Waals surface area contributed by atoms with Gasteiger partial charge in [-0.15, -0.1) is 0 Å². The molecule has 2 amide bonds. The van der Waals surface area contributed by atoms with E-state index in [-0.39, 0.29) is 16.6 Å². The van der Waals surface area contributed by atoms with Gasteiger partial charge in [0.05, 0.1) is 22.9 Å². The third kappa shape index (κ3) is 3.32. The van der Waals surface area contributed by atoms with Gasteiger partial charge in [0.15, 0.2) is 5.11 Å². The van der Waals surface area contributed by atoms with Crippen LogP contribution in [0.25, 0.3) is 0 Å². The second kappa shape index (κ2) is 8.30. The van der Waals surface area contributed by atoms with Crippen molar-refractivity contribution < 1.29 is 18.7 Å². The van der Waals surface area contributed by atoms with E-state index >= 15 is 0 Å². The highest BCUT2D eigenvalue weighted by molar-refractivity contribution is 7.81. The Hall–Kier alpha value is -3.35. The highest BCUT2D eigenvalue weighted by atomic mass is 32.1. The normalized spacial score (nSPS) is 17.6. The predicted octanol–water partition coefficient (Wildman–Crippen LogP) is 3.05. The topological polar surface area (TPSA) is 85.7 Å². The van der Waals surface area contributed by atoms with Gasteiger partial charge in [-0.3, -0.25) is 14.5 Å². The van der Waals surface area contributed by atoms with Gasteiger partial charge in [0.2, 0.25) is 0 Å². The molecule has 2 saturated heterocycles. The molecule has 0 aliphatic carbocycles. The van der Waals surface area contributed by atoms with Crippen molar-refractivity contribution in [2.75, 3.05) is 30.1 Å². The first-order valence-corrected chi connectivity index (χ1v) is 10.5. The number of rotatable bonds is 3. The van der Waals surface area contributed by atoms with Gasteiger partial charge in [0.1, 0.15) is 11.4 Å². The zero-order valence-corrected chi connectivity index (χ0v) is 18.5. The first kappa shape index (κ1) is 21.9. The largest absolute Gasteiger partial charge is 0.381 e. The fourth-order valence-corrected chi connectivity index (χ4v) is 4.75. The number of carbonyl (C=O) groups excluding carboxylic acids is 2. The van der Waals surface area contributed by atoms with E-state index in [9.17, 15) is 19.2 Å². The number of nitriles is 1. The first-order valence-electron chi connectivity index (χ1n) is 10.1. The number of benzene rings is 2. The summed E-state index contributed by atoms with van der Waals surface area (Å²) in [5.74, 6) is -1.46.